The minimum absolute atomic E-state index is 0.228. The zero-order chi connectivity index (χ0) is 16.2. The molecule has 0 spiro atoms. The summed E-state index contributed by atoms with van der Waals surface area (Å²) in [5.41, 5.74) is 4.42. The van der Waals surface area contributed by atoms with Crippen LogP contribution in [0.1, 0.15) is 11.4 Å². The van der Waals surface area contributed by atoms with Crippen molar-refractivity contribution < 1.29 is 9.53 Å². The van der Waals surface area contributed by atoms with Crippen molar-refractivity contribution in [2.75, 3.05) is 7.05 Å². The van der Waals surface area contributed by atoms with Crippen molar-refractivity contribution >= 4 is 39.9 Å². The third-order valence-corrected chi connectivity index (χ3v) is 4.19. The van der Waals surface area contributed by atoms with Crippen LogP contribution in [0.3, 0.4) is 0 Å². The fourth-order valence-corrected chi connectivity index (χ4v) is 2.89. The number of aromatic amines is 1. The number of rotatable bonds is 5. The number of carbonyl (C=O) groups excluding carboxylic acids is 1. The van der Waals surface area contributed by atoms with Crippen LogP contribution in [0.25, 0.3) is 10.9 Å². The Morgan fingerprint density at radius 2 is 2.30 bits per heavy atom. The number of fused-ring (bicyclic) bond motifs is 1. The van der Waals surface area contributed by atoms with E-state index < -0.39 is 0 Å². The zero-order valence-corrected chi connectivity index (χ0v) is 13.9. The molecule has 3 aromatic rings. The second kappa shape index (κ2) is 6.89. The van der Waals surface area contributed by atoms with Gasteiger partial charge in [-0.05, 0) is 12.1 Å². The van der Waals surface area contributed by atoms with E-state index in [0.717, 1.165) is 22.3 Å². The van der Waals surface area contributed by atoms with E-state index in [1.165, 1.54) is 11.3 Å². The van der Waals surface area contributed by atoms with Gasteiger partial charge in [0.05, 0.1) is 22.8 Å². The molecule has 0 unspecified atom stereocenters. The predicted molar refractivity (Wildman–Crippen MR) is 91.1 cm³/mol. The smallest absolute Gasteiger partial charge is 0.314 e. The fourth-order valence-electron chi connectivity index (χ4n) is 2.12. The monoisotopic (exact) mass is 350 g/mol. The molecule has 120 valence electrons. The van der Waals surface area contributed by atoms with Gasteiger partial charge in [0.2, 0.25) is 0 Å². The molecule has 0 radical (unpaired) electrons. The normalized spacial score (nSPS) is 10.7. The van der Waals surface area contributed by atoms with E-state index in [0.29, 0.717) is 23.9 Å². The molecule has 6 nitrogen and oxygen atoms in total. The van der Waals surface area contributed by atoms with Gasteiger partial charge in [0.1, 0.15) is 12.4 Å². The molecule has 0 bridgehead atoms. The van der Waals surface area contributed by atoms with Gasteiger partial charge in [0, 0.05) is 35.1 Å². The lowest BCUT2D eigenvalue weighted by Crippen LogP contribution is -2.32. The van der Waals surface area contributed by atoms with Gasteiger partial charge in [-0.2, -0.15) is 0 Å². The van der Waals surface area contributed by atoms with Gasteiger partial charge in [-0.25, -0.2) is 9.78 Å². The SMILES string of the molecule is CNC(=O)NCc1cc2cc(Cl)c(OCc3cscn3)cc2[nH]1. The lowest BCUT2D eigenvalue weighted by atomic mass is 10.2. The van der Waals surface area contributed by atoms with Crippen molar-refractivity contribution in [1.82, 2.24) is 20.6 Å². The molecule has 2 heterocycles. The minimum Gasteiger partial charge on any atom is -0.486 e. The van der Waals surface area contributed by atoms with Crippen LogP contribution in [0, 0.1) is 0 Å². The number of urea groups is 1. The summed E-state index contributed by atoms with van der Waals surface area (Å²) < 4.78 is 5.73. The van der Waals surface area contributed by atoms with Crippen LogP contribution in [0.4, 0.5) is 4.79 Å². The van der Waals surface area contributed by atoms with Crippen molar-refractivity contribution in [1.29, 1.82) is 0 Å². The number of nitrogens with one attached hydrogen (secondary N) is 3. The molecule has 0 aliphatic heterocycles. The van der Waals surface area contributed by atoms with E-state index in [2.05, 4.69) is 20.6 Å². The van der Waals surface area contributed by atoms with Gasteiger partial charge in [0.15, 0.2) is 0 Å². The van der Waals surface area contributed by atoms with Crippen LogP contribution in [-0.2, 0) is 13.2 Å². The summed E-state index contributed by atoms with van der Waals surface area (Å²) in [6.07, 6.45) is 0. The first kappa shape index (κ1) is 15.6. The molecule has 0 fully saturated rings. The summed E-state index contributed by atoms with van der Waals surface area (Å²) in [6.45, 7) is 0.779. The molecule has 2 amide bonds. The number of hydrogen-bond acceptors (Lipinski definition) is 4. The van der Waals surface area contributed by atoms with Crippen LogP contribution in [0.2, 0.25) is 5.02 Å². The highest BCUT2D eigenvalue weighted by Gasteiger charge is 2.09. The summed E-state index contributed by atoms with van der Waals surface area (Å²) in [4.78, 5) is 18.6. The molecule has 0 atom stereocenters. The molecule has 0 aliphatic carbocycles. The average molecular weight is 351 g/mol. The summed E-state index contributed by atoms with van der Waals surface area (Å²) in [5.74, 6) is 0.597. The molecule has 0 aliphatic rings. The second-order valence-corrected chi connectivity index (χ2v) is 5.99. The first-order chi connectivity index (χ1) is 11.2. The van der Waals surface area contributed by atoms with E-state index >= 15 is 0 Å². The highest BCUT2D eigenvalue weighted by molar-refractivity contribution is 7.07. The molecule has 2 aromatic heterocycles. The number of thiazole rings is 1. The van der Waals surface area contributed by atoms with Crippen LogP contribution in [0.5, 0.6) is 5.75 Å². The third-order valence-electron chi connectivity index (χ3n) is 3.25. The highest BCUT2D eigenvalue weighted by atomic mass is 35.5. The lowest BCUT2D eigenvalue weighted by Gasteiger charge is -2.06. The fraction of sp³-hybridized carbons (Fsp3) is 0.200. The van der Waals surface area contributed by atoms with E-state index in [-0.39, 0.29) is 6.03 Å². The Morgan fingerprint density at radius 3 is 3.04 bits per heavy atom. The first-order valence-corrected chi connectivity index (χ1v) is 8.24. The largest absolute Gasteiger partial charge is 0.486 e. The Hall–Kier alpha value is -2.25. The Balaban J connectivity index is 1.75. The molecular weight excluding hydrogens is 336 g/mol. The standard InChI is InChI=1S/C15H15ClN4O2S/c1-17-15(21)18-5-10-2-9-3-12(16)14(4-13(9)20-10)22-6-11-7-23-8-19-11/h2-4,7-8,20H,5-6H2,1H3,(H2,17,18,21). The molecular formula is C15H15ClN4O2S. The van der Waals surface area contributed by atoms with E-state index in [1.54, 1.807) is 12.6 Å². The Morgan fingerprint density at radius 1 is 1.43 bits per heavy atom. The summed E-state index contributed by atoms with van der Waals surface area (Å²) >= 11 is 7.79. The van der Waals surface area contributed by atoms with E-state index in [4.69, 9.17) is 16.3 Å². The van der Waals surface area contributed by atoms with Crippen molar-refractivity contribution in [2.24, 2.45) is 0 Å². The Kier molecular flexibility index (Phi) is 4.68. The highest BCUT2D eigenvalue weighted by Crippen LogP contribution is 2.31. The number of amides is 2. The summed E-state index contributed by atoms with van der Waals surface area (Å²) in [6, 6.07) is 5.41. The lowest BCUT2D eigenvalue weighted by molar-refractivity contribution is 0.242. The van der Waals surface area contributed by atoms with Gasteiger partial charge >= 0.3 is 6.03 Å². The number of benzene rings is 1. The molecule has 3 N–H and O–H groups in total. The molecule has 0 saturated carbocycles. The van der Waals surface area contributed by atoms with Crippen LogP contribution >= 0.6 is 22.9 Å². The topological polar surface area (TPSA) is 79.0 Å². The Labute approximate surface area is 141 Å². The van der Waals surface area contributed by atoms with Crippen molar-refractivity contribution in [3.63, 3.8) is 0 Å². The number of ether oxygens (including phenoxy) is 1. The maximum atomic E-state index is 11.2. The number of nitrogens with zero attached hydrogens (tertiary/aromatic N) is 1. The maximum absolute atomic E-state index is 11.2. The quantitative estimate of drug-likeness (QED) is 0.660. The molecule has 1 aromatic carbocycles. The molecule has 8 heteroatoms. The van der Waals surface area contributed by atoms with Gasteiger partial charge in [-0.3, -0.25) is 0 Å². The van der Waals surface area contributed by atoms with Crippen LogP contribution in [-0.4, -0.2) is 23.0 Å². The number of hydrogen-bond donors (Lipinski definition) is 3. The van der Waals surface area contributed by atoms with E-state index in [9.17, 15) is 4.79 Å². The van der Waals surface area contributed by atoms with Crippen LogP contribution < -0.4 is 15.4 Å². The van der Waals surface area contributed by atoms with Crippen molar-refractivity contribution in [3.05, 3.63) is 45.5 Å². The van der Waals surface area contributed by atoms with E-state index in [1.807, 2.05) is 23.6 Å². The van der Waals surface area contributed by atoms with Crippen molar-refractivity contribution in [2.45, 2.75) is 13.2 Å². The van der Waals surface area contributed by atoms with Gasteiger partial charge < -0.3 is 20.4 Å². The average Bonchev–Trinajstić information content (AvgIpc) is 3.19. The molecule has 23 heavy (non-hydrogen) atoms. The number of carbonyl (C=O) groups is 1. The first-order valence-electron chi connectivity index (χ1n) is 6.92. The van der Waals surface area contributed by atoms with Crippen LogP contribution in [0.15, 0.2) is 29.1 Å². The minimum atomic E-state index is -0.228. The molecule has 0 saturated heterocycles. The predicted octanol–water partition coefficient (Wildman–Crippen LogP) is 3.29. The van der Waals surface area contributed by atoms with Gasteiger partial charge in [0.25, 0.3) is 0 Å². The van der Waals surface area contributed by atoms with Gasteiger partial charge in [-0.1, -0.05) is 11.6 Å². The third kappa shape index (κ3) is 3.75. The van der Waals surface area contributed by atoms with Gasteiger partial charge in [-0.15, -0.1) is 11.3 Å². The number of H-pyrrole nitrogens is 1. The maximum Gasteiger partial charge on any atom is 0.314 e. The number of aromatic nitrogens is 2. The molecule has 3 rings (SSSR count). The second-order valence-electron chi connectivity index (χ2n) is 4.87. The summed E-state index contributed by atoms with van der Waals surface area (Å²) in [5, 5.41) is 8.67. The number of halogens is 1. The van der Waals surface area contributed by atoms with Crippen molar-refractivity contribution in [3.8, 4) is 5.75 Å². The zero-order valence-electron chi connectivity index (χ0n) is 12.4. The summed E-state index contributed by atoms with van der Waals surface area (Å²) in [7, 11) is 1.58. The Bertz CT molecular complexity index is 816.